The van der Waals surface area contributed by atoms with Gasteiger partial charge in [-0.2, -0.15) is 0 Å². The molecule has 0 spiro atoms. The van der Waals surface area contributed by atoms with Gasteiger partial charge in [0.25, 0.3) is 0 Å². The zero-order chi connectivity index (χ0) is 17.7. The van der Waals surface area contributed by atoms with Crippen molar-refractivity contribution in [3.63, 3.8) is 0 Å². The van der Waals surface area contributed by atoms with Gasteiger partial charge in [-0.1, -0.05) is 17.3 Å². The highest BCUT2D eigenvalue weighted by molar-refractivity contribution is 7.85. The molecule has 0 N–H and O–H groups in total. The Hall–Kier alpha value is -2.28. The predicted octanol–water partition coefficient (Wildman–Crippen LogP) is 2.97. The summed E-state index contributed by atoms with van der Waals surface area (Å²) in [6, 6.07) is 8.05. The van der Waals surface area contributed by atoms with Crippen molar-refractivity contribution >= 4 is 27.7 Å². The summed E-state index contributed by atoms with van der Waals surface area (Å²) in [5.74, 6) is 1.86. The summed E-state index contributed by atoms with van der Waals surface area (Å²) in [5, 5.41) is 5.45. The van der Waals surface area contributed by atoms with Gasteiger partial charge in [-0.3, -0.25) is 4.21 Å². The molecule has 0 amide bonds. The molecule has 1 unspecified atom stereocenters. The van der Waals surface area contributed by atoms with Gasteiger partial charge in [0.15, 0.2) is 5.58 Å². The molecule has 4 heterocycles. The van der Waals surface area contributed by atoms with Gasteiger partial charge in [-0.15, -0.1) is 0 Å². The Morgan fingerprint density at radius 2 is 2.00 bits per heavy atom. The molecule has 3 aromatic rings. The van der Waals surface area contributed by atoms with Crippen LogP contribution in [0.2, 0.25) is 0 Å². The number of nitrogens with zero attached hydrogens (tertiary/aromatic N) is 4. The van der Waals surface area contributed by atoms with Crippen LogP contribution in [0.3, 0.4) is 0 Å². The number of benzene rings is 1. The van der Waals surface area contributed by atoms with E-state index in [0.717, 1.165) is 71.2 Å². The highest BCUT2D eigenvalue weighted by Gasteiger charge is 2.29. The smallest absolute Gasteiger partial charge is 0.225 e. The van der Waals surface area contributed by atoms with Gasteiger partial charge in [0.2, 0.25) is 5.95 Å². The largest absolute Gasteiger partial charge is 0.356 e. The van der Waals surface area contributed by atoms with Crippen LogP contribution < -0.4 is 4.90 Å². The number of aromatic nitrogens is 3. The number of anilines is 1. The maximum atomic E-state index is 12.1. The fourth-order valence-electron chi connectivity index (χ4n) is 4.06. The first-order valence-corrected chi connectivity index (χ1v) is 10.4. The first-order chi connectivity index (χ1) is 12.7. The molecule has 0 bridgehead atoms. The lowest BCUT2D eigenvalue weighted by Gasteiger charge is -2.31. The molecule has 0 saturated carbocycles. The minimum absolute atomic E-state index is 0.401. The van der Waals surface area contributed by atoms with Crippen molar-refractivity contribution in [2.45, 2.75) is 37.0 Å². The van der Waals surface area contributed by atoms with E-state index in [1.165, 1.54) is 0 Å². The van der Waals surface area contributed by atoms with Gasteiger partial charge in [0.05, 0.1) is 32.8 Å². The lowest BCUT2D eigenvalue weighted by molar-refractivity contribution is 0.416. The van der Waals surface area contributed by atoms with Crippen LogP contribution >= 0.6 is 0 Å². The molecule has 7 heteroatoms. The molecule has 5 rings (SSSR count). The van der Waals surface area contributed by atoms with Crippen molar-refractivity contribution in [2.24, 2.45) is 0 Å². The quantitative estimate of drug-likeness (QED) is 0.692. The molecule has 1 saturated heterocycles. The Morgan fingerprint density at radius 3 is 2.85 bits per heavy atom. The lowest BCUT2D eigenvalue weighted by atomic mass is 9.92. The molecule has 2 aliphatic rings. The van der Waals surface area contributed by atoms with Gasteiger partial charge in [0, 0.05) is 36.6 Å². The molecule has 134 valence electrons. The Balaban J connectivity index is 1.36. The van der Waals surface area contributed by atoms with Crippen molar-refractivity contribution in [3.05, 3.63) is 41.3 Å². The van der Waals surface area contributed by atoms with Crippen molar-refractivity contribution in [1.29, 1.82) is 0 Å². The fraction of sp³-hybridized carbons (Fsp3) is 0.421. The van der Waals surface area contributed by atoms with E-state index in [4.69, 9.17) is 9.51 Å². The van der Waals surface area contributed by atoms with Crippen LogP contribution in [-0.2, 0) is 17.2 Å². The van der Waals surface area contributed by atoms with Gasteiger partial charge >= 0.3 is 0 Å². The van der Waals surface area contributed by atoms with E-state index in [2.05, 4.69) is 21.1 Å². The first kappa shape index (κ1) is 15.9. The van der Waals surface area contributed by atoms with E-state index < -0.39 is 10.8 Å². The van der Waals surface area contributed by atoms with E-state index in [1.54, 1.807) is 0 Å². The van der Waals surface area contributed by atoms with Crippen LogP contribution in [0.25, 0.3) is 11.0 Å². The predicted molar refractivity (Wildman–Crippen MR) is 99.9 cm³/mol. The van der Waals surface area contributed by atoms with E-state index in [1.807, 2.05) is 25.1 Å². The third kappa shape index (κ3) is 2.53. The minimum Gasteiger partial charge on any atom is -0.356 e. The molecular formula is C19H20N4O2S. The monoisotopic (exact) mass is 368 g/mol. The van der Waals surface area contributed by atoms with Gasteiger partial charge in [-0.25, -0.2) is 9.97 Å². The van der Waals surface area contributed by atoms with Crippen molar-refractivity contribution < 1.29 is 8.73 Å². The fourth-order valence-corrected chi connectivity index (χ4v) is 5.43. The van der Waals surface area contributed by atoms with E-state index in [9.17, 15) is 4.21 Å². The highest BCUT2D eigenvalue weighted by Crippen LogP contribution is 2.34. The second kappa shape index (κ2) is 6.16. The molecule has 26 heavy (non-hydrogen) atoms. The first-order valence-electron chi connectivity index (χ1n) is 9.06. The van der Waals surface area contributed by atoms with Crippen LogP contribution in [0.1, 0.15) is 35.8 Å². The molecule has 1 aromatic carbocycles. The molecule has 2 aliphatic heterocycles. The number of hydrogen-bond donors (Lipinski definition) is 0. The topological polar surface area (TPSA) is 72.1 Å². The summed E-state index contributed by atoms with van der Waals surface area (Å²) in [6.45, 7) is 3.74. The maximum absolute atomic E-state index is 12.1. The van der Waals surface area contributed by atoms with Crippen LogP contribution in [0.5, 0.6) is 0 Å². The van der Waals surface area contributed by atoms with Crippen LogP contribution in [-0.4, -0.2) is 38.2 Å². The summed E-state index contributed by atoms with van der Waals surface area (Å²) < 4.78 is 17.5. The standard InChI is InChI=1S/C19H20N4O2S/c1-12-18-15(8-11-26(18)24)21-19(20-12)23-9-6-13(7-10-23)17-14-4-2-3-5-16(14)25-22-17/h2-5,13H,6-11H2,1H3. The zero-order valence-corrected chi connectivity index (χ0v) is 15.5. The third-order valence-electron chi connectivity index (χ3n) is 5.42. The van der Waals surface area contributed by atoms with Gasteiger partial charge in [0.1, 0.15) is 0 Å². The summed E-state index contributed by atoms with van der Waals surface area (Å²) in [7, 11) is -0.924. The zero-order valence-electron chi connectivity index (χ0n) is 14.6. The normalized spacial score (nSPS) is 20.7. The average molecular weight is 368 g/mol. The Kier molecular flexibility index (Phi) is 3.77. The number of piperidine rings is 1. The number of hydrogen-bond acceptors (Lipinski definition) is 6. The van der Waals surface area contributed by atoms with Crippen molar-refractivity contribution in [1.82, 2.24) is 15.1 Å². The number of rotatable bonds is 2. The maximum Gasteiger partial charge on any atom is 0.225 e. The van der Waals surface area contributed by atoms with Gasteiger partial charge < -0.3 is 9.42 Å². The van der Waals surface area contributed by atoms with Crippen molar-refractivity contribution in [2.75, 3.05) is 23.7 Å². The molecule has 0 aliphatic carbocycles. The highest BCUT2D eigenvalue weighted by atomic mass is 32.2. The number of fused-ring (bicyclic) bond motifs is 2. The number of aryl methyl sites for hydroxylation is 2. The van der Waals surface area contributed by atoms with Crippen LogP contribution in [0, 0.1) is 6.92 Å². The number of para-hydroxylation sites is 1. The Labute approximate surface area is 154 Å². The van der Waals surface area contributed by atoms with Gasteiger partial charge in [-0.05, 0) is 31.9 Å². The molecular weight excluding hydrogens is 348 g/mol. The summed E-state index contributed by atoms with van der Waals surface area (Å²) in [5.41, 5.74) is 3.76. The average Bonchev–Trinajstić information content (AvgIpc) is 3.26. The van der Waals surface area contributed by atoms with E-state index >= 15 is 0 Å². The summed E-state index contributed by atoms with van der Waals surface area (Å²) in [4.78, 5) is 12.5. The van der Waals surface area contributed by atoms with Crippen LogP contribution in [0.4, 0.5) is 5.95 Å². The second-order valence-electron chi connectivity index (χ2n) is 7.01. The molecule has 6 nitrogen and oxygen atoms in total. The summed E-state index contributed by atoms with van der Waals surface area (Å²) in [6.07, 6.45) is 2.80. The molecule has 0 radical (unpaired) electrons. The molecule has 1 atom stereocenters. The summed E-state index contributed by atoms with van der Waals surface area (Å²) >= 11 is 0. The van der Waals surface area contributed by atoms with Crippen molar-refractivity contribution in [3.8, 4) is 0 Å². The van der Waals surface area contributed by atoms with Crippen LogP contribution in [0.15, 0.2) is 33.7 Å². The Morgan fingerprint density at radius 1 is 1.19 bits per heavy atom. The lowest BCUT2D eigenvalue weighted by Crippen LogP contribution is -2.34. The SMILES string of the molecule is Cc1nc(N2CCC(c3noc4ccccc34)CC2)nc2c1S(=O)CC2. The minimum atomic E-state index is -0.924. The van der Waals surface area contributed by atoms with E-state index in [-0.39, 0.29) is 0 Å². The third-order valence-corrected chi connectivity index (χ3v) is 6.98. The van der Waals surface area contributed by atoms with E-state index in [0.29, 0.717) is 11.7 Å². The molecule has 1 fully saturated rings. The molecule has 2 aromatic heterocycles. The second-order valence-corrected chi connectivity index (χ2v) is 8.52. The Bertz CT molecular complexity index is 1010.